The van der Waals surface area contributed by atoms with Gasteiger partial charge in [0.25, 0.3) is 0 Å². The van der Waals surface area contributed by atoms with E-state index in [0.29, 0.717) is 18.7 Å². The van der Waals surface area contributed by atoms with Gasteiger partial charge in [-0.1, -0.05) is 0 Å². The topological polar surface area (TPSA) is 65.6 Å². The van der Waals surface area contributed by atoms with Gasteiger partial charge in [0.15, 0.2) is 11.6 Å². The molecule has 2 aromatic heterocycles. The first-order chi connectivity index (χ1) is 9.87. The van der Waals surface area contributed by atoms with Crippen molar-refractivity contribution in [2.75, 3.05) is 5.32 Å². The van der Waals surface area contributed by atoms with Gasteiger partial charge >= 0.3 is 0 Å². The zero-order valence-corrected chi connectivity index (χ0v) is 12.9. The van der Waals surface area contributed by atoms with Gasteiger partial charge < -0.3 is 10.6 Å². The Labute approximate surface area is 124 Å². The number of halogens is 1. The Morgan fingerprint density at radius 3 is 2.62 bits per heavy atom. The molecule has 0 bridgehead atoms. The lowest BCUT2D eigenvalue weighted by atomic mass is 10.1. The fourth-order valence-electron chi connectivity index (χ4n) is 1.84. The van der Waals surface area contributed by atoms with Gasteiger partial charge in [0, 0.05) is 41.6 Å². The summed E-state index contributed by atoms with van der Waals surface area (Å²) in [5.41, 5.74) is 2.51. The Kier molecular flexibility index (Phi) is 4.57. The van der Waals surface area contributed by atoms with Crippen molar-refractivity contribution >= 4 is 5.82 Å². The molecule has 0 aliphatic carbocycles. The summed E-state index contributed by atoms with van der Waals surface area (Å²) in [6.45, 7) is 9.03. The van der Waals surface area contributed by atoms with Crippen LogP contribution in [0.2, 0.25) is 0 Å². The summed E-state index contributed by atoms with van der Waals surface area (Å²) in [5.74, 6) is -0.0424. The molecule has 5 nitrogen and oxygen atoms in total. The van der Waals surface area contributed by atoms with Gasteiger partial charge in [-0.2, -0.15) is 5.10 Å². The molecule has 0 saturated heterocycles. The van der Waals surface area contributed by atoms with Crippen LogP contribution in [0.5, 0.6) is 0 Å². The van der Waals surface area contributed by atoms with Crippen molar-refractivity contribution in [2.45, 2.75) is 46.3 Å². The van der Waals surface area contributed by atoms with Crippen LogP contribution >= 0.6 is 0 Å². The number of rotatable bonds is 5. The molecule has 0 aliphatic heterocycles. The number of aromatic nitrogens is 3. The van der Waals surface area contributed by atoms with Crippen molar-refractivity contribution in [3.8, 4) is 0 Å². The zero-order chi connectivity index (χ0) is 15.5. The van der Waals surface area contributed by atoms with E-state index in [1.807, 2.05) is 27.7 Å². The molecular weight excluding hydrogens is 269 g/mol. The van der Waals surface area contributed by atoms with E-state index in [4.69, 9.17) is 0 Å². The highest BCUT2D eigenvalue weighted by atomic mass is 19.1. The largest absolute Gasteiger partial charge is 0.363 e. The van der Waals surface area contributed by atoms with Crippen molar-refractivity contribution in [3.05, 3.63) is 41.1 Å². The molecule has 0 fully saturated rings. The summed E-state index contributed by atoms with van der Waals surface area (Å²) in [6.07, 6.45) is 3.35. The first-order valence-electron chi connectivity index (χ1n) is 6.98. The molecule has 0 saturated carbocycles. The van der Waals surface area contributed by atoms with Crippen LogP contribution < -0.4 is 10.6 Å². The van der Waals surface area contributed by atoms with E-state index in [1.54, 1.807) is 18.5 Å². The van der Waals surface area contributed by atoms with Crippen LogP contribution in [0.25, 0.3) is 0 Å². The van der Waals surface area contributed by atoms with E-state index in [-0.39, 0.29) is 17.2 Å². The summed E-state index contributed by atoms with van der Waals surface area (Å²) in [7, 11) is 0. The van der Waals surface area contributed by atoms with Crippen LogP contribution in [-0.4, -0.2) is 20.7 Å². The van der Waals surface area contributed by atoms with Crippen LogP contribution in [0.1, 0.15) is 37.6 Å². The average molecular weight is 291 g/mol. The number of pyridine rings is 1. The van der Waals surface area contributed by atoms with Gasteiger partial charge in [-0.25, -0.2) is 9.37 Å². The quantitative estimate of drug-likeness (QED) is 0.792. The number of hydrogen-bond acceptors (Lipinski definition) is 4. The number of anilines is 1. The maximum absolute atomic E-state index is 14.4. The molecule has 2 rings (SSSR count). The molecule has 21 heavy (non-hydrogen) atoms. The molecule has 6 heteroatoms. The number of aryl methyl sites for hydroxylation is 1. The molecular formula is C15H22FN5. The second-order valence-electron chi connectivity index (χ2n) is 6.11. The van der Waals surface area contributed by atoms with Gasteiger partial charge in [0.05, 0.1) is 6.20 Å². The molecule has 2 heterocycles. The summed E-state index contributed by atoms with van der Waals surface area (Å²) in [4.78, 5) is 4.07. The molecule has 0 spiro atoms. The van der Waals surface area contributed by atoms with Crippen LogP contribution in [0, 0.1) is 12.7 Å². The van der Waals surface area contributed by atoms with Gasteiger partial charge in [-0.3, -0.25) is 5.10 Å². The third kappa shape index (κ3) is 4.26. The molecule has 3 N–H and O–H groups in total. The monoisotopic (exact) mass is 291 g/mol. The summed E-state index contributed by atoms with van der Waals surface area (Å²) in [6, 6.07) is 1.70. The minimum atomic E-state index is -0.310. The van der Waals surface area contributed by atoms with Crippen molar-refractivity contribution in [3.63, 3.8) is 0 Å². The second kappa shape index (κ2) is 6.22. The molecule has 2 aromatic rings. The van der Waals surface area contributed by atoms with Crippen molar-refractivity contribution in [1.82, 2.24) is 20.5 Å². The van der Waals surface area contributed by atoms with E-state index in [1.165, 1.54) is 0 Å². The Hall–Kier alpha value is -1.95. The van der Waals surface area contributed by atoms with E-state index in [9.17, 15) is 4.39 Å². The lowest BCUT2D eigenvalue weighted by molar-refractivity contribution is 0.418. The number of nitrogens with one attached hydrogen (secondary N) is 3. The van der Waals surface area contributed by atoms with Gasteiger partial charge in [0.1, 0.15) is 0 Å². The van der Waals surface area contributed by atoms with Crippen molar-refractivity contribution in [1.29, 1.82) is 0 Å². The van der Waals surface area contributed by atoms with Gasteiger partial charge in [0.2, 0.25) is 0 Å². The standard InChI is InChI=1S/C15H22FN5/c1-10-12(9-20-21-10)7-18-14-13(16)11(5-6-17-14)8-19-15(2,3)4/h5-6,9,19H,7-8H2,1-4H3,(H,17,18)(H,20,21). The SMILES string of the molecule is Cc1[nH]ncc1CNc1nccc(CNC(C)(C)C)c1F. The predicted molar refractivity (Wildman–Crippen MR) is 81.4 cm³/mol. The third-order valence-electron chi connectivity index (χ3n) is 3.16. The number of H-pyrrole nitrogens is 1. The highest BCUT2D eigenvalue weighted by molar-refractivity contribution is 5.40. The van der Waals surface area contributed by atoms with Crippen LogP contribution in [-0.2, 0) is 13.1 Å². The summed E-state index contributed by atoms with van der Waals surface area (Å²) >= 11 is 0. The van der Waals surface area contributed by atoms with Crippen molar-refractivity contribution < 1.29 is 4.39 Å². The number of hydrogen-bond donors (Lipinski definition) is 3. The Balaban J connectivity index is 2.05. The third-order valence-corrected chi connectivity index (χ3v) is 3.16. The molecule has 114 valence electrons. The fourth-order valence-corrected chi connectivity index (χ4v) is 1.84. The molecule has 0 amide bonds. The Morgan fingerprint density at radius 2 is 2.00 bits per heavy atom. The van der Waals surface area contributed by atoms with Crippen LogP contribution in [0.3, 0.4) is 0 Å². The molecule has 0 radical (unpaired) electrons. The minimum absolute atomic E-state index is 0.0583. The Morgan fingerprint density at radius 1 is 1.24 bits per heavy atom. The van der Waals surface area contributed by atoms with E-state index in [2.05, 4.69) is 25.8 Å². The molecule has 0 unspecified atom stereocenters. The zero-order valence-electron chi connectivity index (χ0n) is 12.9. The lowest BCUT2D eigenvalue weighted by Crippen LogP contribution is -2.35. The highest BCUT2D eigenvalue weighted by Gasteiger charge is 2.13. The summed E-state index contributed by atoms with van der Waals surface area (Å²) in [5, 5.41) is 13.1. The number of aromatic amines is 1. The maximum Gasteiger partial charge on any atom is 0.169 e. The average Bonchev–Trinajstić information content (AvgIpc) is 2.81. The fraction of sp³-hybridized carbons (Fsp3) is 0.467. The highest BCUT2D eigenvalue weighted by Crippen LogP contribution is 2.17. The predicted octanol–water partition coefficient (Wildman–Crippen LogP) is 2.75. The van der Waals surface area contributed by atoms with Crippen LogP contribution in [0.4, 0.5) is 10.2 Å². The van der Waals surface area contributed by atoms with E-state index >= 15 is 0 Å². The maximum atomic E-state index is 14.4. The first kappa shape index (κ1) is 15.4. The molecule has 0 aliphatic rings. The normalized spacial score (nSPS) is 11.7. The van der Waals surface area contributed by atoms with Crippen LogP contribution in [0.15, 0.2) is 18.5 Å². The smallest absolute Gasteiger partial charge is 0.169 e. The van der Waals surface area contributed by atoms with Gasteiger partial charge in [-0.15, -0.1) is 0 Å². The lowest BCUT2D eigenvalue weighted by Gasteiger charge is -2.21. The number of nitrogens with zero attached hydrogens (tertiary/aromatic N) is 2. The second-order valence-corrected chi connectivity index (χ2v) is 6.11. The van der Waals surface area contributed by atoms with Crippen molar-refractivity contribution in [2.24, 2.45) is 0 Å². The van der Waals surface area contributed by atoms with Gasteiger partial charge in [-0.05, 0) is 33.8 Å². The molecule has 0 aromatic carbocycles. The van der Waals surface area contributed by atoms with E-state index in [0.717, 1.165) is 11.3 Å². The molecule has 0 atom stereocenters. The van der Waals surface area contributed by atoms with E-state index < -0.39 is 0 Å². The minimum Gasteiger partial charge on any atom is -0.363 e. The summed E-state index contributed by atoms with van der Waals surface area (Å²) < 4.78 is 14.4. The first-order valence-corrected chi connectivity index (χ1v) is 6.98. The Bertz CT molecular complexity index is 600.